The first-order chi connectivity index (χ1) is 9.69. The number of nitrogens with zero attached hydrogens (tertiary/aromatic N) is 1. The number of benzene rings is 1. The normalized spacial score (nSPS) is 10.1. The van der Waals surface area contributed by atoms with Crippen LogP contribution in [0.25, 0.3) is 0 Å². The molecule has 1 N–H and O–H groups in total. The van der Waals surface area contributed by atoms with Gasteiger partial charge in [-0.2, -0.15) is 4.98 Å². The minimum Gasteiger partial charge on any atom is -0.461 e. The second-order valence-corrected chi connectivity index (χ2v) is 3.97. The molecule has 1 aromatic carbocycles. The lowest BCUT2D eigenvalue weighted by molar-refractivity contribution is -0.115. The van der Waals surface area contributed by atoms with Crippen LogP contribution >= 0.6 is 0 Å². The zero-order valence-electron chi connectivity index (χ0n) is 11.0. The van der Waals surface area contributed by atoms with Crippen LogP contribution in [-0.2, 0) is 16.0 Å². The third-order valence-corrected chi connectivity index (χ3v) is 2.44. The zero-order valence-corrected chi connectivity index (χ0v) is 11.0. The molecule has 6 heteroatoms. The average molecular weight is 274 g/mol. The number of carbonyl (C=O) groups is 2. The van der Waals surface area contributed by atoms with Gasteiger partial charge in [0.2, 0.25) is 5.91 Å². The molecule has 0 bridgehead atoms. The number of anilines is 1. The summed E-state index contributed by atoms with van der Waals surface area (Å²) in [5, 5.41) is 2.48. The summed E-state index contributed by atoms with van der Waals surface area (Å²) in [7, 11) is 0. The number of hydrogen-bond donors (Lipinski definition) is 1. The molecule has 0 fully saturated rings. The SMILES string of the molecule is CCOC(=O)c1coc(NC(=O)Cc2ccccc2)n1. The van der Waals surface area contributed by atoms with Crippen molar-refractivity contribution in [3.63, 3.8) is 0 Å². The van der Waals surface area contributed by atoms with Crippen LogP contribution in [0.4, 0.5) is 6.01 Å². The minimum absolute atomic E-state index is 0.0195. The summed E-state index contributed by atoms with van der Waals surface area (Å²) in [6, 6.07) is 9.26. The van der Waals surface area contributed by atoms with Crippen molar-refractivity contribution in [2.45, 2.75) is 13.3 Å². The van der Waals surface area contributed by atoms with Gasteiger partial charge in [0.1, 0.15) is 6.26 Å². The van der Waals surface area contributed by atoms with Crippen molar-refractivity contribution in [1.82, 2.24) is 4.98 Å². The number of aromatic nitrogens is 1. The standard InChI is InChI=1S/C14H14N2O4/c1-2-19-13(18)11-9-20-14(15-11)16-12(17)8-10-6-4-3-5-7-10/h3-7,9H,2,8H2,1H3,(H,15,16,17). The molecule has 0 saturated carbocycles. The molecule has 2 rings (SSSR count). The molecule has 6 nitrogen and oxygen atoms in total. The molecule has 0 saturated heterocycles. The van der Waals surface area contributed by atoms with Crippen LogP contribution in [0.5, 0.6) is 0 Å². The highest BCUT2D eigenvalue weighted by atomic mass is 16.5. The average Bonchev–Trinajstić information content (AvgIpc) is 2.88. The van der Waals surface area contributed by atoms with Crippen molar-refractivity contribution in [2.24, 2.45) is 0 Å². The lowest BCUT2D eigenvalue weighted by atomic mass is 10.1. The Hall–Kier alpha value is -2.63. The maximum Gasteiger partial charge on any atom is 0.360 e. The first kappa shape index (κ1) is 13.8. The lowest BCUT2D eigenvalue weighted by Gasteiger charge is -2.00. The fourth-order valence-electron chi connectivity index (χ4n) is 1.57. The van der Waals surface area contributed by atoms with Gasteiger partial charge in [-0.25, -0.2) is 4.79 Å². The summed E-state index contributed by atoms with van der Waals surface area (Å²) < 4.78 is 9.76. The number of amides is 1. The second-order valence-electron chi connectivity index (χ2n) is 3.97. The van der Waals surface area contributed by atoms with E-state index in [-0.39, 0.29) is 30.6 Å². The second kappa shape index (κ2) is 6.51. The number of ether oxygens (including phenoxy) is 1. The van der Waals surface area contributed by atoms with E-state index in [4.69, 9.17) is 9.15 Å². The Labute approximate surface area is 115 Å². The first-order valence-corrected chi connectivity index (χ1v) is 6.15. The molecule has 0 radical (unpaired) electrons. The number of hydrogen-bond acceptors (Lipinski definition) is 5. The van der Waals surface area contributed by atoms with Gasteiger partial charge in [0, 0.05) is 0 Å². The van der Waals surface area contributed by atoms with Gasteiger partial charge in [-0.05, 0) is 12.5 Å². The maximum atomic E-state index is 11.8. The van der Waals surface area contributed by atoms with Crippen molar-refractivity contribution < 1.29 is 18.7 Å². The lowest BCUT2D eigenvalue weighted by Crippen LogP contribution is -2.15. The smallest absolute Gasteiger partial charge is 0.360 e. The van der Waals surface area contributed by atoms with Gasteiger partial charge in [0.15, 0.2) is 5.69 Å². The van der Waals surface area contributed by atoms with E-state index in [1.165, 1.54) is 0 Å². The van der Waals surface area contributed by atoms with E-state index in [1.54, 1.807) is 6.92 Å². The van der Waals surface area contributed by atoms with Gasteiger partial charge in [-0.1, -0.05) is 30.3 Å². The van der Waals surface area contributed by atoms with E-state index in [0.29, 0.717) is 0 Å². The van der Waals surface area contributed by atoms with Crippen LogP contribution < -0.4 is 5.32 Å². The summed E-state index contributed by atoms with van der Waals surface area (Å²) in [6.45, 7) is 1.95. The topological polar surface area (TPSA) is 81.4 Å². The number of oxazole rings is 1. The summed E-state index contributed by atoms with van der Waals surface area (Å²) in [5.74, 6) is -0.853. The molecule has 20 heavy (non-hydrogen) atoms. The third-order valence-electron chi connectivity index (χ3n) is 2.44. The molecule has 0 unspecified atom stereocenters. The summed E-state index contributed by atoms with van der Waals surface area (Å²) >= 11 is 0. The predicted octanol–water partition coefficient (Wildman–Crippen LogP) is 2.03. The van der Waals surface area contributed by atoms with Gasteiger partial charge in [0.05, 0.1) is 13.0 Å². The van der Waals surface area contributed by atoms with Crippen molar-refractivity contribution in [3.8, 4) is 0 Å². The Kier molecular flexibility index (Phi) is 4.49. The Morgan fingerprint density at radius 3 is 2.75 bits per heavy atom. The van der Waals surface area contributed by atoms with Gasteiger partial charge in [-0.3, -0.25) is 10.1 Å². The van der Waals surface area contributed by atoms with E-state index in [1.807, 2.05) is 30.3 Å². The molecule has 0 aliphatic carbocycles. The number of nitrogens with one attached hydrogen (secondary N) is 1. The van der Waals surface area contributed by atoms with Crippen LogP contribution in [0.1, 0.15) is 23.0 Å². The minimum atomic E-state index is -0.584. The fourth-order valence-corrected chi connectivity index (χ4v) is 1.57. The Bertz CT molecular complexity index is 592. The molecular formula is C14H14N2O4. The third kappa shape index (κ3) is 3.68. The number of rotatable bonds is 5. The Morgan fingerprint density at radius 1 is 1.30 bits per heavy atom. The quantitative estimate of drug-likeness (QED) is 0.844. The van der Waals surface area contributed by atoms with Gasteiger partial charge in [-0.15, -0.1) is 0 Å². The monoisotopic (exact) mass is 274 g/mol. The van der Waals surface area contributed by atoms with E-state index in [9.17, 15) is 9.59 Å². The van der Waals surface area contributed by atoms with Crippen LogP contribution in [0.15, 0.2) is 41.0 Å². The Balaban J connectivity index is 1.93. The number of esters is 1. The van der Waals surface area contributed by atoms with Crippen molar-refractivity contribution in [3.05, 3.63) is 47.9 Å². The van der Waals surface area contributed by atoms with Crippen LogP contribution in [0.3, 0.4) is 0 Å². The largest absolute Gasteiger partial charge is 0.461 e. The fraction of sp³-hybridized carbons (Fsp3) is 0.214. The van der Waals surface area contributed by atoms with Gasteiger partial charge >= 0.3 is 12.0 Å². The first-order valence-electron chi connectivity index (χ1n) is 6.15. The Morgan fingerprint density at radius 2 is 2.05 bits per heavy atom. The van der Waals surface area contributed by atoms with Crippen LogP contribution in [-0.4, -0.2) is 23.5 Å². The summed E-state index contributed by atoms with van der Waals surface area (Å²) in [5.41, 5.74) is 0.907. The highest BCUT2D eigenvalue weighted by Gasteiger charge is 2.14. The van der Waals surface area contributed by atoms with Crippen molar-refractivity contribution in [1.29, 1.82) is 0 Å². The predicted molar refractivity (Wildman–Crippen MR) is 71.2 cm³/mol. The van der Waals surface area contributed by atoms with Gasteiger partial charge < -0.3 is 9.15 Å². The number of carbonyl (C=O) groups excluding carboxylic acids is 2. The highest BCUT2D eigenvalue weighted by molar-refractivity contribution is 5.91. The molecule has 1 heterocycles. The highest BCUT2D eigenvalue weighted by Crippen LogP contribution is 2.09. The van der Waals surface area contributed by atoms with Crippen LogP contribution in [0.2, 0.25) is 0 Å². The van der Waals surface area contributed by atoms with E-state index >= 15 is 0 Å². The van der Waals surface area contributed by atoms with E-state index in [2.05, 4.69) is 10.3 Å². The summed E-state index contributed by atoms with van der Waals surface area (Å²) in [4.78, 5) is 27.0. The molecule has 104 valence electrons. The van der Waals surface area contributed by atoms with Gasteiger partial charge in [0.25, 0.3) is 0 Å². The summed E-state index contributed by atoms with van der Waals surface area (Å²) in [6.07, 6.45) is 1.36. The molecule has 1 aromatic heterocycles. The zero-order chi connectivity index (χ0) is 14.4. The molecule has 0 spiro atoms. The maximum absolute atomic E-state index is 11.8. The van der Waals surface area contributed by atoms with E-state index in [0.717, 1.165) is 11.8 Å². The van der Waals surface area contributed by atoms with Crippen LogP contribution in [0, 0.1) is 0 Å². The molecule has 2 aromatic rings. The van der Waals surface area contributed by atoms with Crippen molar-refractivity contribution in [2.75, 3.05) is 11.9 Å². The molecule has 0 atom stereocenters. The molecule has 0 aliphatic rings. The van der Waals surface area contributed by atoms with Crippen molar-refractivity contribution >= 4 is 17.9 Å². The van der Waals surface area contributed by atoms with E-state index < -0.39 is 5.97 Å². The molecular weight excluding hydrogens is 260 g/mol. The molecule has 1 amide bonds. The molecule has 0 aliphatic heterocycles.